The smallest absolute Gasteiger partial charge is 0.267 e. The zero-order valence-corrected chi connectivity index (χ0v) is 31.6. The van der Waals surface area contributed by atoms with E-state index in [9.17, 15) is 9.59 Å². The van der Waals surface area contributed by atoms with Crippen LogP contribution in [-0.2, 0) is 16.0 Å². The van der Waals surface area contributed by atoms with Crippen molar-refractivity contribution in [1.82, 2.24) is 35.1 Å². The lowest BCUT2D eigenvalue weighted by Crippen LogP contribution is -2.42. The highest BCUT2D eigenvalue weighted by atomic mass is 19.3. The van der Waals surface area contributed by atoms with Crippen molar-refractivity contribution >= 4 is 33.6 Å². The Balaban J connectivity index is 0.932. The zero-order chi connectivity index (χ0) is 39.1. The van der Waals surface area contributed by atoms with E-state index in [0.717, 1.165) is 75.0 Å². The lowest BCUT2D eigenvalue weighted by Gasteiger charge is -2.28. The first-order valence-corrected chi connectivity index (χ1v) is 19.6. The third-order valence-corrected chi connectivity index (χ3v) is 11.4. The Labute approximate surface area is 329 Å². The van der Waals surface area contributed by atoms with Crippen LogP contribution in [0.15, 0.2) is 121 Å². The molecule has 0 radical (unpaired) electrons. The van der Waals surface area contributed by atoms with Gasteiger partial charge in [-0.15, -0.1) is 0 Å². The van der Waals surface area contributed by atoms with E-state index in [-0.39, 0.29) is 11.9 Å². The average molecular weight is 764 g/mol. The summed E-state index contributed by atoms with van der Waals surface area (Å²) in [6.45, 7) is 2.46. The van der Waals surface area contributed by atoms with Gasteiger partial charge >= 0.3 is 0 Å². The molecule has 2 fully saturated rings. The van der Waals surface area contributed by atoms with Crippen LogP contribution in [0.4, 0.5) is 8.78 Å². The summed E-state index contributed by atoms with van der Waals surface area (Å²) >= 11 is 0. The van der Waals surface area contributed by atoms with Gasteiger partial charge in [0.15, 0.2) is 0 Å². The minimum absolute atomic E-state index is 0.0699. The Morgan fingerprint density at radius 3 is 2.35 bits per heavy atom. The third-order valence-electron chi connectivity index (χ3n) is 11.4. The van der Waals surface area contributed by atoms with E-state index >= 15 is 8.78 Å². The number of carbonyl (C=O) groups excluding carboxylic acids is 2. The van der Waals surface area contributed by atoms with Crippen molar-refractivity contribution in [1.29, 1.82) is 0 Å². The second kappa shape index (κ2) is 15.0. The first-order chi connectivity index (χ1) is 27.7. The number of amides is 2. The number of hydrogen-bond donors (Lipinski definition) is 3. The molecule has 2 aromatic heterocycles. The normalized spacial score (nSPS) is 18.4. The molecule has 9 nitrogen and oxygen atoms in total. The van der Waals surface area contributed by atoms with Gasteiger partial charge in [-0.3, -0.25) is 9.59 Å². The maximum Gasteiger partial charge on any atom is 0.267 e. The Morgan fingerprint density at radius 2 is 1.58 bits per heavy atom. The average Bonchev–Trinajstić information content (AvgIpc) is 4.06. The minimum Gasteiger partial charge on any atom is -0.340 e. The number of rotatable bonds is 10. The van der Waals surface area contributed by atoms with Crippen LogP contribution in [0.1, 0.15) is 67.1 Å². The van der Waals surface area contributed by atoms with E-state index in [1.165, 1.54) is 4.90 Å². The number of imidazole rings is 2. The lowest BCUT2D eigenvalue weighted by molar-refractivity contribution is -0.136. The molecule has 2 aliphatic rings. The van der Waals surface area contributed by atoms with Gasteiger partial charge in [0, 0.05) is 18.4 Å². The summed E-state index contributed by atoms with van der Waals surface area (Å²) in [5.41, 5.74) is 7.09. The first kappa shape index (κ1) is 36.4. The fraction of sp³-hybridized carbons (Fsp3) is 0.261. The Hall–Kier alpha value is -6.20. The number of aromatic amines is 2. The quantitative estimate of drug-likeness (QED) is 0.129. The van der Waals surface area contributed by atoms with Gasteiger partial charge in [-0.2, -0.15) is 0 Å². The predicted molar refractivity (Wildman–Crippen MR) is 217 cm³/mol. The van der Waals surface area contributed by atoms with Gasteiger partial charge < -0.3 is 25.1 Å². The number of aromatic nitrogens is 4. The molecule has 2 saturated heterocycles. The number of benzene rings is 5. The number of nitrogens with one attached hydrogen (secondary N) is 3. The van der Waals surface area contributed by atoms with E-state index in [1.807, 2.05) is 103 Å². The summed E-state index contributed by atoms with van der Waals surface area (Å²) in [5.74, 6) is -2.16. The van der Waals surface area contributed by atoms with Crippen molar-refractivity contribution < 1.29 is 18.4 Å². The first-order valence-electron chi connectivity index (χ1n) is 19.6. The van der Waals surface area contributed by atoms with Gasteiger partial charge in [-0.05, 0) is 64.7 Å². The summed E-state index contributed by atoms with van der Waals surface area (Å²) in [6, 6.07) is 35.7. The number of halogens is 2. The molecular weight excluding hydrogens is 721 g/mol. The van der Waals surface area contributed by atoms with Crippen LogP contribution in [0.2, 0.25) is 0 Å². The summed E-state index contributed by atoms with van der Waals surface area (Å²) in [7, 11) is 0. The summed E-state index contributed by atoms with van der Waals surface area (Å²) in [6.07, 6.45) is 3.54. The van der Waals surface area contributed by atoms with Gasteiger partial charge in [0.2, 0.25) is 11.8 Å². The van der Waals surface area contributed by atoms with Crippen molar-refractivity contribution in [2.75, 3.05) is 19.6 Å². The van der Waals surface area contributed by atoms with E-state index in [2.05, 4.69) is 45.6 Å². The van der Waals surface area contributed by atoms with Gasteiger partial charge in [0.05, 0.1) is 48.0 Å². The monoisotopic (exact) mass is 763 g/mol. The molecule has 0 unspecified atom stereocenters. The number of likely N-dealkylation sites (N-methyl/N-ethyl adjacent to an activating group) is 1. The van der Waals surface area contributed by atoms with Gasteiger partial charge in [0.1, 0.15) is 17.7 Å². The van der Waals surface area contributed by atoms with Crippen LogP contribution < -0.4 is 5.32 Å². The summed E-state index contributed by atoms with van der Waals surface area (Å²) in [5, 5.41) is 5.05. The molecule has 0 saturated carbocycles. The molecule has 2 amide bonds. The molecular formula is C46H43F2N7O2. The number of likely N-dealkylation sites (tertiary alicyclic amines) is 2. The number of alkyl halides is 2. The molecule has 0 spiro atoms. The fourth-order valence-corrected chi connectivity index (χ4v) is 8.53. The highest BCUT2D eigenvalue weighted by Gasteiger charge is 2.50. The fourth-order valence-electron chi connectivity index (χ4n) is 8.53. The Morgan fingerprint density at radius 1 is 0.842 bits per heavy atom. The lowest BCUT2D eigenvalue weighted by atomic mass is 9.99. The maximum absolute atomic E-state index is 15.1. The highest BCUT2D eigenvalue weighted by Crippen LogP contribution is 2.43. The van der Waals surface area contributed by atoms with Gasteiger partial charge in [-0.25, -0.2) is 18.7 Å². The number of hydrogen-bond acceptors (Lipinski definition) is 5. The van der Waals surface area contributed by atoms with Gasteiger partial charge in [-0.1, -0.05) is 110 Å². The Kier molecular flexibility index (Phi) is 9.61. The van der Waals surface area contributed by atoms with Gasteiger partial charge in [0.25, 0.3) is 5.92 Å². The standard InChI is InChI=1S/C46H43F2N7O2/c1-2-49-41(32-12-7-4-8-13-32)45(57)55-28-46(47,48)26-39(55)44-51-36-22-20-34-25-33(19-21-35(34)42(36)53-44)30-15-17-31(18-16-30)37-27-50-43(52-37)38-14-9-23-54(38)40(56)24-29-10-5-3-6-11-29/h3-8,10-13,15-22,25,27,38-39,41,49H,2,9,14,23-24,26,28H2,1H3,(H,50,52)(H,51,53)/t38-,39-,41+/m0/s1. The van der Waals surface area contributed by atoms with E-state index in [4.69, 9.17) is 9.97 Å². The maximum atomic E-state index is 15.1. The van der Waals surface area contributed by atoms with E-state index < -0.39 is 36.9 Å². The third kappa shape index (κ3) is 7.19. The minimum atomic E-state index is -3.04. The molecule has 0 bridgehead atoms. The number of H-pyrrole nitrogens is 2. The Bertz CT molecular complexity index is 2550. The number of carbonyl (C=O) groups is 2. The van der Waals surface area contributed by atoms with Crippen LogP contribution in [0.5, 0.6) is 0 Å². The molecule has 9 rings (SSSR count). The summed E-state index contributed by atoms with van der Waals surface area (Å²) in [4.78, 5) is 46.7. The van der Waals surface area contributed by atoms with Crippen molar-refractivity contribution in [3.05, 3.63) is 144 Å². The molecule has 2 aliphatic heterocycles. The number of fused-ring (bicyclic) bond motifs is 3. The molecule has 3 N–H and O–H groups in total. The van der Waals surface area contributed by atoms with Crippen LogP contribution in [-0.4, -0.2) is 67.1 Å². The van der Waals surface area contributed by atoms with Crippen molar-refractivity contribution in [3.8, 4) is 22.4 Å². The van der Waals surface area contributed by atoms with Crippen LogP contribution in [0.25, 0.3) is 44.2 Å². The van der Waals surface area contributed by atoms with E-state index in [1.54, 1.807) is 0 Å². The SMILES string of the molecule is CCN[C@@H](C(=O)N1CC(F)(F)C[C@H]1c1nc2c(ccc3cc(-c4ccc(-c5cnc([C@@H]6CCCN6C(=O)Cc6ccccc6)[nH]5)cc4)ccc32)[nH]1)c1ccccc1. The molecule has 11 heteroatoms. The largest absolute Gasteiger partial charge is 0.340 e. The predicted octanol–water partition coefficient (Wildman–Crippen LogP) is 8.94. The van der Waals surface area contributed by atoms with Crippen LogP contribution in [0.3, 0.4) is 0 Å². The molecule has 4 heterocycles. The second-order valence-corrected chi connectivity index (χ2v) is 15.1. The molecule has 5 aromatic carbocycles. The van der Waals surface area contributed by atoms with E-state index in [0.29, 0.717) is 24.3 Å². The molecule has 7 aromatic rings. The van der Waals surface area contributed by atoms with Crippen molar-refractivity contribution in [2.45, 2.75) is 56.7 Å². The molecule has 57 heavy (non-hydrogen) atoms. The van der Waals surface area contributed by atoms with Crippen LogP contribution in [0, 0.1) is 0 Å². The van der Waals surface area contributed by atoms with Crippen LogP contribution >= 0.6 is 0 Å². The molecule has 288 valence electrons. The highest BCUT2D eigenvalue weighted by molar-refractivity contribution is 6.05. The molecule has 0 aliphatic carbocycles. The molecule has 3 atom stereocenters. The zero-order valence-electron chi connectivity index (χ0n) is 31.6. The summed E-state index contributed by atoms with van der Waals surface area (Å²) < 4.78 is 30.1. The van der Waals surface area contributed by atoms with Crippen molar-refractivity contribution in [2.24, 2.45) is 0 Å². The topological polar surface area (TPSA) is 110 Å². The number of nitrogens with zero attached hydrogens (tertiary/aromatic N) is 4. The van der Waals surface area contributed by atoms with Crippen molar-refractivity contribution in [3.63, 3.8) is 0 Å². The second-order valence-electron chi connectivity index (χ2n) is 15.1.